The van der Waals surface area contributed by atoms with Crippen molar-refractivity contribution in [3.8, 4) is 0 Å². The molecule has 0 amide bonds. The summed E-state index contributed by atoms with van der Waals surface area (Å²) in [6, 6.07) is 2.48. The zero-order valence-electron chi connectivity index (χ0n) is 18.8. The van der Waals surface area contributed by atoms with Crippen molar-refractivity contribution in [2.45, 2.75) is 96.8 Å². The third-order valence-corrected chi connectivity index (χ3v) is 6.77. The fourth-order valence-corrected chi connectivity index (χ4v) is 4.60. The van der Waals surface area contributed by atoms with E-state index in [1.807, 2.05) is 0 Å². The van der Waals surface area contributed by atoms with E-state index in [9.17, 15) is 0 Å². The number of aromatic nitrogens is 2. The van der Waals surface area contributed by atoms with E-state index in [2.05, 4.69) is 61.8 Å². The molecule has 2 unspecified atom stereocenters. The summed E-state index contributed by atoms with van der Waals surface area (Å²) in [6.45, 7) is 12.7. The Morgan fingerprint density at radius 3 is 2.14 bits per heavy atom. The van der Waals surface area contributed by atoms with Gasteiger partial charge in [0, 0.05) is 49.7 Å². The molecule has 0 spiro atoms. The second-order valence-electron chi connectivity index (χ2n) is 9.47. The van der Waals surface area contributed by atoms with Gasteiger partial charge in [-0.3, -0.25) is 4.90 Å². The van der Waals surface area contributed by atoms with Crippen molar-refractivity contribution in [3.63, 3.8) is 0 Å². The summed E-state index contributed by atoms with van der Waals surface area (Å²) in [7, 11) is 2.22. The Labute approximate surface area is 172 Å². The summed E-state index contributed by atoms with van der Waals surface area (Å²) in [5.41, 5.74) is 1.29. The summed E-state index contributed by atoms with van der Waals surface area (Å²) in [5.74, 6) is 0.955. The Balaban J connectivity index is 1.41. The van der Waals surface area contributed by atoms with Crippen LogP contribution in [0.25, 0.3) is 0 Å². The van der Waals surface area contributed by atoms with Gasteiger partial charge in [-0.15, -0.1) is 0 Å². The number of fused-ring (bicyclic) bond motifs is 2. The number of hydrogen-bond donors (Lipinski definition) is 0. The maximum absolute atomic E-state index is 4.76. The normalized spacial score (nSPS) is 22.8. The van der Waals surface area contributed by atoms with Crippen LogP contribution < -0.4 is 4.90 Å². The Morgan fingerprint density at radius 1 is 0.964 bits per heavy atom. The molecule has 158 valence electrons. The van der Waals surface area contributed by atoms with Crippen LogP contribution in [0, 0.1) is 0 Å². The Bertz CT molecular complexity index is 571. The molecule has 3 rings (SSSR count). The molecule has 2 atom stereocenters. The molecular formula is C23H41N5. The lowest BCUT2D eigenvalue weighted by atomic mass is 10.1. The Kier molecular flexibility index (Phi) is 7.69. The molecule has 2 fully saturated rings. The molecule has 0 N–H and O–H groups in total. The third-order valence-electron chi connectivity index (χ3n) is 6.77. The molecule has 5 nitrogen and oxygen atoms in total. The number of rotatable bonds is 10. The molecule has 3 heterocycles. The highest BCUT2D eigenvalue weighted by Gasteiger charge is 2.41. The van der Waals surface area contributed by atoms with Gasteiger partial charge in [-0.25, -0.2) is 9.97 Å². The number of anilines is 1. The van der Waals surface area contributed by atoms with E-state index in [-0.39, 0.29) is 0 Å². The van der Waals surface area contributed by atoms with Crippen LogP contribution in [0.15, 0.2) is 12.4 Å². The van der Waals surface area contributed by atoms with Gasteiger partial charge >= 0.3 is 0 Å². The second kappa shape index (κ2) is 10.0. The molecule has 28 heavy (non-hydrogen) atoms. The van der Waals surface area contributed by atoms with Crippen LogP contribution in [0.2, 0.25) is 0 Å². The molecule has 0 saturated carbocycles. The smallest absolute Gasteiger partial charge is 0.225 e. The van der Waals surface area contributed by atoms with Crippen LogP contribution in [-0.2, 0) is 6.42 Å². The molecule has 2 aliphatic heterocycles. The van der Waals surface area contributed by atoms with E-state index in [1.165, 1.54) is 50.6 Å². The number of hydrogen-bond acceptors (Lipinski definition) is 5. The quantitative estimate of drug-likeness (QED) is 0.568. The molecule has 0 radical (unpaired) electrons. The fraction of sp³-hybridized carbons (Fsp3) is 0.826. The fourth-order valence-electron chi connectivity index (χ4n) is 4.60. The number of nitrogens with zero attached hydrogens (tertiary/aromatic N) is 5. The summed E-state index contributed by atoms with van der Waals surface area (Å²) >= 11 is 0. The first-order valence-electron chi connectivity index (χ1n) is 11.5. The monoisotopic (exact) mass is 387 g/mol. The molecule has 1 aromatic heterocycles. The van der Waals surface area contributed by atoms with Gasteiger partial charge in [-0.1, -0.05) is 12.8 Å². The van der Waals surface area contributed by atoms with Crippen LogP contribution in [0.4, 0.5) is 5.95 Å². The predicted octanol–water partition coefficient (Wildman–Crippen LogP) is 3.98. The minimum absolute atomic E-state index is 0.593. The van der Waals surface area contributed by atoms with Gasteiger partial charge in [-0.2, -0.15) is 0 Å². The average molecular weight is 388 g/mol. The SMILES string of the molecule is CC(C)N(C)CCCCCCc1cnc(N2C3CCC2CN(C(C)C)C3)nc1. The summed E-state index contributed by atoms with van der Waals surface area (Å²) in [5, 5.41) is 0. The lowest BCUT2D eigenvalue weighted by Crippen LogP contribution is -2.56. The van der Waals surface area contributed by atoms with Crippen LogP contribution in [-0.4, -0.2) is 70.6 Å². The largest absolute Gasteiger partial charge is 0.332 e. The van der Waals surface area contributed by atoms with Crippen molar-refractivity contribution in [1.82, 2.24) is 19.8 Å². The highest BCUT2D eigenvalue weighted by atomic mass is 15.4. The summed E-state index contributed by atoms with van der Waals surface area (Å²) in [6.07, 6.45) is 13.0. The number of likely N-dealkylation sites (tertiary alicyclic amines) is 1. The Morgan fingerprint density at radius 2 is 1.57 bits per heavy atom. The van der Waals surface area contributed by atoms with Gasteiger partial charge < -0.3 is 9.80 Å². The zero-order valence-corrected chi connectivity index (χ0v) is 18.8. The number of aryl methyl sites for hydroxylation is 1. The lowest BCUT2D eigenvalue weighted by Gasteiger charge is -2.42. The molecule has 2 saturated heterocycles. The van der Waals surface area contributed by atoms with E-state index >= 15 is 0 Å². The van der Waals surface area contributed by atoms with Crippen molar-refractivity contribution >= 4 is 5.95 Å². The first kappa shape index (κ1) is 21.5. The van der Waals surface area contributed by atoms with Crippen molar-refractivity contribution in [2.75, 3.05) is 31.6 Å². The molecule has 1 aromatic rings. The standard InChI is InChI=1S/C23H41N5/c1-18(2)26(5)13-9-7-6-8-10-20-14-24-23(25-15-20)28-21-11-12-22(28)17-27(16-21)19(3)4/h14-15,18-19,21-22H,6-13,16-17H2,1-5H3. The predicted molar refractivity (Wildman–Crippen MR) is 118 cm³/mol. The molecule has 5 heteroatoms. The topological polar surface area (TPSA) is 35.5 Å². The molecule has 0 aromatic carbocycles. The minimum atomic E-state index is 0.593. The maximum Gasteiger partial charge on any atom is 0.225 e. The molecular weight excluding hydrogens is 346 g/mol. The molecule has 2 aliphatic rings. The van der Waals surface area contributed by atoms with Gasteiger partial charge in [0.15, 0.2) is 0 Å². The second-order valence-corrected chi connectivity index (χ2v) is 9.47. The number of piperazine rings is 1. The lowest BCUT2D eigenvalue weighted by molar-refractivity contribution is 0.176. The number of unbranched alkanes of at least 4 members (excludes halogenated alkanes) is 3. The van der Waals surface area contributed by atoms with Gasteiger partial charge in [0.25, 0.3) is 0 Å². The van der Waals surface area contributed by atoms with Gasteiger partial charge in [0.05, 0.1) is 0 Å². The van der Waals surface area contributed by atoms with E-state index in [1.54, 1.807) is 0 Å². The molecule has 2 bridgehead atoms. The first-order valence-corrected chi connectivity index (χ1v) is 11.5. The summed E-state index contributed by atoms with van der Waals surface area (Å²) < 4.78 is 0. The van der Waals surface area contributed by atoms with Crippen molar-refractivity contribution in [2.24, 2.45) is 0 Å². The van der Waals surface area contributed by atoms with Gasteiger partial charge in [0.2, 0.25) is 5.95 Å². The van der Waals surface area contributed by atoms with E-state index in [4.69, 9.17) is 9.97 Å². The Hall–Kier alpha value is -1.20. The van der Waals surface area contributed by atoms with E-state index in [0.717, 1.165) is 25.5 Å². The first-order chi connectivity index (χ1) is 13.5. The summed E-state index contributed by atoms with van der Waals surface area (Å²) in [4.78, 5) is 17.1. The minimum Gasteiger partial charge on any atom is -0.332 e. The van der Waals surface area contributed by atoms with Gasteiger partial charge in [-0.05, 0) is 79.0 Å². The van der Waals surface area contributed by atoms with E-state index < -0.39 is 0 Å². The average Bonchev–Trinajstić information content (AvgIpc) is 2.93. The highest BCUT2D eigenvalue weighted by molar-refractivity contribution is 5.37. The highest BCUT2D eigenvalue weighted by Crippen LogP contribution is 2.33. The maximum atomic E-state index is 4.76. The van der Waals surface area contributed by atoms with E-state index in [0.29, 0.717) is 24.2 Å². The third kappa shape index (κ3) is 5.44. The molecule has 0 aliphatic carbocycles. The van der Waals surface area contributed by atoms with Crippen molar-refractivity contribution < 1.29 is 0 Å². The van der Waals surface area contributed by atoms with Crippen LogP contribution in [0.3, 0.4) is 0 Å². The van der Waals surface area contributed by atoms with Crippen LogP contribution in [0.5, 0.6) is 0 Å². The van der Waals surface area contributed by atoms with Crippen LogP contribution in [0.1, 0.15) is 71.8 Å². The van der Waals surface area contributed by atoms with Gasteiger partial charge in [0.1, 0.15) is 0 Å². The van der Waals surface area contributed by atoms with Crippen LogP contribution >= 0.6 is 0 Å². The van der Waals surface area contributed by atoms with Crippen molar-refractivity contribution in [3.05, 3.63) is 18.0 Å². The zero-order chi connectivity index (χ0) is 20.1. The van der Waals surface area contributed by atoms with Crippen molar-refractivity contribution in [1.29, 1.82) is 0 Å².